The van der Waals surface area contributed by atoms with Gasteiger partial charge < -0.3 is 0 Å². The maximum atomic E-state index is 12.1. The summed E-state index contributed by atoms with van der Waals surface area (Å²) in [7, 11) is 0. The first-order chi connectivity index (χ1) is 6.66. The van der Waals surface area contributed by atoms with Crippen molar-refractivity contribution in [3.8, 4) is 0 Å². The zero-order valence-electron chi connectivity index (χ0n) is 6.86. The fourth-order valence-corrected chi connectivity index (χ4v) is 1.38. The first-order valence-corrected chi connectivity index (χ1v) is 4.60. The number of rotatable bonds is 2. The minimum absolute atomic E-state index is 0.361. The number of aromatic nitrogens is 4. The molecule has 2 aromatic heterocycles. The third-order valence-electron chi connectivity index (χ3n) is 1.64. The normalized spacial score (nSPS) is 11.4. The van der Waals surface area contributed by atoms with Crippen LogP contribution in [0, 0.1) is 0 Å². The Labute approximate surface area is 86.1 Å². The van der Waals surface area contributed by atoms with Gasteiger partial charge in [-0.15, -0.1) is 5.10 Å². The van der Waals surface area contributed by atoms with Gasteiger partial charge in [-0.05, 0) is 28.1 Å². The highest BCUT2D eigenvalue weighted by molar-refractivity contribution is 9.10. The van der Waals surface area contributed by atoms with Crippen molar-refractivity contribution < 1.29 is 8.78 Å². The third kappa shape index (κ3) is 1.72. The molecule has 0 saturated carbocycles. The standard InChI is InChI=1S/C7H5BrF2N4/c8-5-2-1-4-7(11-5)14(13-12-4)3-6(9)10/h1-2,6H,3H2. The van der Waals surface area contributed by atoms with Crippen LogP contribution in [0.4, 0.5) is 8.78 Å². The summed E-state index contributed by atoms with van der Waals surface area (Å²) in [4.78, 5) is 4.01. The molecule has 7 heteroatoms. The summed E-state index contributed by atoms with van der Waals surface area (Å²) >= 11 is 3.15. The molecule has 0 aliphatic carbocycles. The summed E-state index contributed by atoms with van der Waals surface area (Å²) in [5, 5.41) is 7.29. The molecule has 2 aromatic rings. The molecular weight excluding hydrogens is 258 g/mol. The first kappa shape index (κ1) is 9.45. The number of nitrogens with zero attached hydrogens (tertiary/aromatic N) is 4. The van der Waals surface area contributed by atoms with Crippen molar-refractivity contribution in [1.82, 2.24) is 20.0 Å². The second-order valence-electron chi connectivity index (χ2n) is 2.64. The number of pyridine rings is 1. The van der Waals surface area contributed by atoms with Crippen LogP contribution in [0.25, 0.3) is 11.2 Å². The summed E-state index contributed by atoms with van der Waals surface area (Å²) in [6, 6.07) is 3.35. The molecule has 2 rings (SSSR count). The highest BCUT2D eigenvalue weighted by Crippen LogP contribution is 2.13. The molecule has 74 valence electrons. The largest absolute Gasteiger partial charge is 0.258 e. The molecule has 0 aliphatic heterocycles. The number of hydrogen-bond acceptors (Lipinski definition) is 3. The van der Waals surface area contributed by atoms with E-state index in [0.717, 1.165) is 4.68 Å². The number of hydrogen-bond donors (Lipinski definition) is 0. The fourth-order valence-electron chi connectivity index (χ4n) is 1.08. The molecule has 0 unspecified atom stereocenters. The molecule has 0 radical (unpaired) electrons. The zero-order valence-corrected chi connectivity index (χ0v) is 8.45. The van der Waals surface area contributed by atoms with E-state index >= 15 is 0 Å². The van der Waals surface area contributed by atoms with Crippen LogP contribution < -0.4 is 0 Å². The van der Waals surface area contributed by atoms with Crippen LogP contribution in [-0.4, -0.2) is 26.4 Å². The molecule has 4 nitrogen and oxygen atoms in total. The van der Waals surface area contributed by atoms with E-state index < -0.39 is 13.0 Å². The maximum Gasteiger partial charge on any atom is 0.258 e. The molecule has 0 spiro atoms. The van der Waals surface area contributed by atoms with Gasteiger partial charge in [-0.1, -0.05) is 5.21 Å². The Balaban J connectivity index is 2.50. The Hall–Kier alpha value is -1.11. The van der Waals surface area contributed by atoms with Gasteiger partial charge in [0.2, 0.25) is 0 Å². The van der Waals surface area contributed by atoms with Crippen LogP contribution in [0.15, 0.2) is 16.7 Å². The van der Waals surface area contributed by atoms with Crippen LogP contribution >= 0.6 is 15.9 Å². The van der Waals surface area contributed by atoms with Crippen molar-refractivity contribution in [2.24, 2.45) is 0 Å². The van der Waals surface area contributed by atoms with Crippen molar-refractivity contribution in [3.63, 3.8) is 0 Å². The lowest BCUT2D eigenvalue weighted by atomic mass is 10.4. The zero-order chi connectivity index (χ0) is 10.1. The molecule has 0 N–H and O–H groups in total. The van der Waals surface area contributed by atoms with E-state index in [1.54, 1.807) is 12.1 Å². The predicted octanol–water partition coefficient (Wildman–Crippen LogP) is 1.85. The van der Waals surface area contributed by atoms with Gasteiger partial charge in [0.1, 0.15) is 16.7 Å². The first-order valence-electron chi connectivity index (χ1n) is 3.81. The second-order valence-corrected chi connectivity index (χ2v) is 3.45. The molecule has 0 aromatic carbocycles. The van der Waals surface area contributed by atoms with Crippen molar-refractivity contribution in [2.45, 2.75) is 13.0 Å². The molecule has 0 amide bonds. The maximum absolute atomic E-state index is 12.1. The Morgan fingerprint density at radius 1 is 1.43 bits per heavy atom. The van der Waals surface area contributed by atoms with E-state index in [2.05, 4.69) is 31.2 Å². The van der Waals surface area contributed by atoms with E-state index in [9.17, 15) is 8.78 Å². The van der Waals surface area contributed by atoms with Crippen LogP contribution in [0.2, 0.25) is 0 Å². The Morgan fingerprint density at radius 2 is 2.21 bits per heavy atom. The van der Waals surface area contributed by atoms with Crippen LogP contribution in [-0.2, 0) is 6.54 Å². The van der Waals surface area contributed by atoms with Gasteiger partial charge >= 0.3 is 0 Å². The number of halogens is 3. The summed E-state index contributed by atoms with van der Waals surface area (Å²) in [6.07, 6.45) is -2.46. The van der Waals surface area contributed by atoms with Crippen molar-refractivity contribution >= 4 is 27.1 Å². The summed E-state index contributed by atoms with van der Waals surface area (Å²) in [6.45, 7) is -0.486. The quantitative estimate of drug-likeness (QED) is 0.776. The van der Waals surface area contributed by atoms with E-state index in [1.165, 1.54) is 0 Å². The van der Waals surface area contributed by atoms with Gasteiger partial charge in [0.05, 0.1) is 0 Å². The Morgan fingerprint density at radius 3 is 2.93 bits per heavy atom. The lowest BCUT2D eigenvalue weighted by Crippen LogP contribution is -2.08. The molecule has 0 atom stereocenters. The topological polar surface area (TPSA) is 43.6 Å². The fraction of sp³-hybridized carbons (Fsp3) is 0.286. The van der Waals surface area contributed by atoms with Gasteiger partial charge in [0.25, 0.3) is 6.43 Å². The second kappa shape index (κ2) is 3.56. The Kier molecular flexibility index (Phi) is 2.40. The molecule has 0 bridgehead atoms. The molecule has 14 heavy (non-hydrogen) atoms. The summed E-state index contributed by atoms with van der Waals surface area (Å²) in [5.41, 5.74) is 0.869. The highest BCUT2D eigenvalue weighted by atomic mass is 79.9. The van der Waals surface area contributed by atoms with Gasteiger partial charge in [-0.2, -0.15) is 0 Å². The smallest absolute Gasteiger partial charge is 0.221 e. The van der Waals surface area contributed by atoms with E-state index in [0.29, 0.717) is 15.8 Å². The van der Waals surface area contributed by atoms with Crippen LogP contribution in [0.5, 0.6) is 0 Å². The average Bonchev–Trinajstić information content (AvgIpc) is 2.47. The minimum Gasteiger partial charge on any atom is -0.221 e. The third-order valence-corrected chi connectivity index (χ3v) is 2.08. The minimum atomic E-state index is -2.46. The molecule has 2 heterocycles. The van der Waals surface area contributed by atoms with Crippen molar-refractivity contribution in [1.29, 1.82) is 0 Å². The molecular formula is C7H5BrF2N4. The number of fused-ring (bicyclic) bond motifs is 1. The van der Waals surface area contributed by atoms with Gasteiger partial charge in [-0.25, -0.2) is 18.4 Å². The van der Waals surface area contributed by atoms with Crippen molar-refractivity contribution in [2.75, 3.05) is 0 Å². The van der Waals surface area contributed by atoms with E-state index in [-0.39, 0.29) is 0 Å². The average molecular weight is 263 g/mol. The lowest BCUT2D eigenvalue weighted by molar-refractivity contribution is 0.122. The van der Waals surface area contributed by atoms with Gasteiger partial charge in [0, 0.05) is 0 Å². The predicted molar refractivity (Wildman–Crippen MR) is 49.0 cm³/mol. The SMILES string of the molecule is FC(F)Cn1nnc2ccc(Br)nc21. The number of alkyl halides is 2. The van der Waals surface area contributed by atoms with Gasteiger partial charge in [0.15, 0.2) is 5.65 Å². The Bertz CT molecular complexity index is 456. The summed E-state index contributed by atoms with van der Waals surface area (Å²) in [5.74, 6) is 0. The van der Waals surface area contributed by atoms with Crippen molar-refractivity contribution in [3.05, 3.63) is 16.7 Å². The monoisotopic (exact) mass is 262 g/mol. The lowest BCUT2D eigenvalue weighted by Gasteiger charge is -1.99. The van der Waals surface area contributed by atoms with E-state index in [1.807, 2.05) is 0 Å². The van der Waals surface area contributed by atoms with Gasteiger partial charge in [-0.3, -0.25) is 0 Å². The van der Waals surface area contributed by atoms with Crippen LogP contribution in [0.1, 0.15) is 0 Å². The molecule has 0 fully saturated rings. The van der Waals surface area contributed by atoms with Crippen LogP contribution in [0.3, 0.4) is 0 Å². The highest BCUT2D eigenvalue weighted by Gasteiger charge is 2.10. The molecule has 0 saturated heterocycles. The summed E-state index contributed by atoms with van der Waals surface area (Å²) < 4.78 is 25.9. The molecule has 0 aliphatic rings. The van der Waals surface area contributed by atoms with E-state index in [4.69, 9.17) is 0 Å².